The second-order valence-electron chi connectivity index (χ2n) is 6.50. The third-order valence-corrected chi connectivity index (χ3v) is 4.67. The molecule has 1 aliphatic carbocycles. The maximum Gasteiger partial charge on any atom is 0.332 e. The van der Waals surface area contributed by atoms with Crippen LogP contribution in [0.2, 0.25) is 0 Å². The minimum absolute atomic E-state index is 0.0376. The molecule has 2 amide bonds. The molecule has 120 valence electrons. The summed E-state index contributed by atoms with van der Waals surface area (Å²) in [6, 6.07) is -0.410. The zero-order valence-electron chi connectivity index (χ0n) is 12.7. The van der Waals surface area contributed by atoms with Crippen molar-refractivity contribution >= 4 is 12.0 Å². The van der Waals surface area contributed by atoms with E-state index in [0.29, 0.717) is 25.5 Å². The highest BCUT2D eigenvalue weighted by atomic mass is 16.5. The van der Waals surface area contributed by atoms with E-state index in [-0.39, 0.29) is 6.61 Å². The molecule has 1 heterocycles. The fraction of sp³-hybridized carbons (Fsp3) is 0.867. The Morgan fingerprint density at radius 3 is 2.81 bits per heavy atom. The Morgan fingerprint density at radius 2 is 2.19 bits per heavy atom. The summed E-state index contributed by atoms with van der Waals surface area (Å²) < 4.78 is 5.11. The van der Waals surface area contributed by atoms with E-state index >= 15 is 0 Å². The van der Waals surface area contributed by atoms with Gasteiger partial charge in [-0.3, -0.25) is 0 Å². The first-order chi connectivity index (χ1) is 10.0. The van der Waals surface area contributed by atoms with Crippen LogP contribution >= 0.6 is 0 Å². The summed E-state index contributed by atoms with van der Waals surface area (Å²) in [6.07, 6.45) is 6.34. The van der Waals surface area contributed by atoms with Gasteiger partial charge >= 0.3 is 12.0 Å². The van der Waals surface area contributed by atoms with Gasteiger partial charge in [-0.15, -0.1) is 0 Å². The number of carboxylic acids is 1. The molecule has 0 aromatic heterocycles. The first kappa shape index (κ1) is 16.1. The number of nitrogens with one attached hydrogen (secondary N) is 2. The number of aliphatic carboxylic acids is 1. The van der Waals surface area contributed by atoms with Crippen LogP contribution < -0.4 is 10.6 Å². The molecule has 1 aliphatic heterocycles. The van der Waals surface area contributed by atoms with Gasteiger partial charge in [0.1, 0.15) is 0 Å². The zero-order valence-corrected chi connectivity index (χ0v) is 12.7. The van der Waals surface area contributed by atoms with E-state index in [0.717, 1.165) is 12.3 Å². The number of hydrogen-bond acceptors (Lipinski definition) is 3. The fourth-order valence-corrected chi connectivity index (χ4v) is 3.36. The van der Waals surface area contributed by atoms with Crippen LogP contribution in [-0.4, -0.2) is 42.4 Å². The minimum Gasteiger partial charge on any atom is -0.479 e. The third-order valence-electron chi connectivity index (χ3n) is 4.67. The summed E-state index contributed by atoms with van der Waals surface area (Å²) in [5.74, 6) is 0.428. The van der Waals surface area contributed by atoms with Crippen LogP contribution in [0, 0.1) is 11.8 Å². The van der Waals surface area contributed by atoms with Gasteiger partial charge in [-0.25, -0.2) is 9.59 Å². The number of urea groups is 1. The number of carbonyl (C=O) groups is 2. The maximum atomic E-state index is 11.9. The van der Waals surface area contributed by atoms with Crippen molar-refractivity contribution in [3.8, 4) is 0 Å². The molecule has 3 unspecified atom stereocenters. The van der Waals surface area contributed by atoms with E-state index in [1.807, 2.05) is 0 Å². The number of carbonyl (C=O) groups excluding carboxylic acids is 1. The van der Waals surface area contributed by atoms with Gasteiger partial charge in [0, 0.05) is 19.6 Å². The Balaban J connectivity index is 1.70. The Kier molecular flexibility index (Phi) is 5.45. The lowest BCUT2D eigenvalue weighted by Gasteiger charge is -2.27. The topological polar surface area (TPSA) is 87.7 Å². The van der Waals surface area contributed by atoms with Crippen LogP contribution in [0.3, 0.4) is 0 Å². The normalized spacial score (nSPS) is 32.6. The van der Waals surface area contributed by atoms with Crippen LogP contribution in [0.4, 0.5) is 4.79 Å². The van der Waals surface area contributed by atoms with Crippen LogP contribution in [0.5, 0.6) is 0 Å². The molecular formula is C15H26N2O4. The molecule has 1 saturated heterocycles. The van der Waals surface area contributed by atoms with Gasteiger partial charge in [0.25, 0.3) is 0 Å². The van der Waals surface area contributed by atoms with Gasteiger partial charge in [0.05, 0.1) is 6.61 Å². The second-order valence-corrected chi connectivity index (χ2v) is 6.50. The Bertz CT molecular complexity index is 380. The molecule has 3 N–H and O–H groups in total. The number of carboxylic acid groups (broad SMARTS) is 1. The van der Waals surface area contributed by atoms with Crippen molar-refractivity contribution in [2.75, 3.05) is 19.8 Å². The molecule has 6 heteroatoms. The lowest BCUT2D eigenvalue weighted by Crippen LogP contribution is -2.57. The summed E-state index contributed by atoms with van der Waals surface area (Å²) in [7, 11) is 0. The predicted octanol–water partition coefficient (Wildman–Crippen LogP) is 1.75. The lowest BCUT2D eigenvalue weighted by atomic mass is 9.81. The van der Waals surface area contributed by atoms with Crippen molar-refractivity contribution < 1.29 is 19.4 Å². The van der Waals surface area contributed by atoms with Crippen molar-refractivity contribution in [3.05, 3.63) is 0 Å². The molecular weight excluding hydrogens is 272 g/mol. The molecule has 3 atom stereocenters. The van der Waals surface area contributed by atoms with Crippen LogP contribution in [0.25, 0.3) is 0 Å². The number of hydrogen-bond donors (Lipinski definition) is 3. The molecule has 2 rings (SSSR count). The van der Waals surface area contributed by atoms with Crippen LogP contribution in [0.15, 0.2) is 0 Å². The quantitative estimate of drug-likeness (QED) is 0.721. The van der Waals surface area contributed by atoms with Crippen molar-refractivity contribution in [2.45, 2.75) is 51.0 Å². The van der Waals surface area contributed by atoms with Gasteiger partial charge in [0.15, 0.2) is 5.54 Å². The highest BCUT2D eigenvalue weighted by Crippen LogP contribution is 2.30. The standard InChI is InChI=1S/C15H26N2O4/c1-11-3-2-4-12(9-11)5-7-16-14(20)17-15(13(18)19)6-8-21-10-15/h11-12H,2-10H2,1H3,(H,18,19)(H2,16,17,20). The molecule has 21 heavy (non-hydrogen) atoms. The molecule has 0 aromatic rings. The molecule has 2 fully saturated rings. The maximum absolute atomic E-state index is 11.9. The van der Waals surface area contributed by atoms with Crippen molar-refractivity contribution in [1.82, 2.24) is 10.6 Å². The lowest BCUT2D eigenvalue weighted by molar-refractivity contribution is -0.144. The van der Waals surface area contributed by atoms with Gasteiger partial charge < -0.3 is 20.5 Å². The third kappa shape index (κ3) is 4.33. The Labute approximate surface area is 125 Å². The highest BCUT2D eigenvalue weighted by molar-refractivity contribution is 5.86. The van der Waals surface area contributed by atoms with Crippen LogP contribution in [0.1, 0.15) is 45.4 Å². The van der Waals surface area contributed by atoms with E-state index < -0.39 is 17.5 Å². The van der Waals surface area contributed by atoms with E-state index in [4.69, 9.17) is 4.74 Å². The number of amides is 2. The average Bonchev–Trinajstić information content (AvgIpc) is 2.88. The van der Waals surface area contributed by atoms with Gasteiger partial charge in [-0.1, -0.05) is 26.2 Å². The molecule has 0 aromatic carbocycles. The van der Waals surface area contributed by atoms with Crippen molar-refractivity contribution in [2.24, 2.45) is 11.8 Å². The summed E-state index contributed by atoms with van der Waals surface area (Å²) in [4.78, 5) is 23.2. The Morgan fingerprint density at radius 1 is 1.38 bits per heavy atom. The molecule has 1 saturated carbocycles. The van der Waals surface area contributed by atoms with Gasteiger partial charge in [-0.05, 0) is 24.7 Å². The summed E-state index contributed by atoms with van der Waals surface area (Å²) in [5.41, 5.74) is -1.26. The van der Waals surface area contributed by atoms with E-state index in [1.165, 1.54) is 25.7 Å². The fourth-order valence-electron chi connectivity index (χ4n) is 3.36. The smallest absolute Gasteiger partial charge is 0.332 e. The first-order valence-electron chi connectivity index (χ1n) is 7.89. The highest BCUT2D eigenvalue weighted by Gasteiger charge is 2.43. The largest absolute Gasteiger partial charge is 0.479 e. The van der Waals surface area contributed by atoms with Crippen molar-refractivity contribution in [1.29, 1.82) is 0 Å². The Hall–Kier alpha value is -1.30. The predicted molar refractivity (Wildman–Crippen MR) is 78.1 cm³/mol. The average molecular weight is 298 g/mol. The van der Waals surface area contributed by atoms with E-state index in [9.17, 15) is 14.7 Å². The summed E-state index contributed by atoms with van der Waals surface area (Å²) >= 11 is 0. The van der Waals surface area contributed by atoms with E-state index in [1.54, 1.807) is 0 Å². The van der Waals surface area contributed by atoms with Crippen LogP contribution in [-0.2, 0) is 9.53 Å². The summed E-state index contributed by atoms with van der Waals surface area (Å²) in [6.45, 7) is 3.28. The summed E-state index contributed by atoms with van der Waals surface area (Å²) in [5, 5.41) is 14.6. The number of ether oxygens (including phenoxy) is 1. The number of rotatable bonds is 5. The van der Waals surface area contributed by atoms with Crippen molar-refractivity contribution in [3.63, 3.8) is 0 Å². The molecule has 0 radical (unpaired) electrons. The molecule has 0 bridgehead atoms. The second kappa shape index (κ2) is 7.11. The SMILES string of the molecule is CC1CCCC(CCNC(=O)NC2(C(=O)O)CCOC2)C1. The molecule has 0 spiro atoms. The monoisotopic (exact) mass is 298 g/mol. The molecule has 2 aliphatic rings. The first-order valence-corrected chi connectivity index (χ1v) is 7.89. The minimum atomic E-state index is -1.26. The zero-order chi connectivity index (χ0) is 15.3. The van der Waals surface area contributed by atoms with Gasteiger partial charge in [0.2, 0.25) is 0 Å². The van der Waals surface area contributed by atoms with E-state index in [2.05, 4.69) is 17.6 Å². The molecule has 6 nitrogen and oxygen atoms in total. The van der Waals surface area contributed by atoms with Gasteiger partial charge in [-0.2, -0.15) is 0 Å².